The average molecular weight is 693 g/mol. The molecule has 1 aromatic heterocycles. The summed E-state index contributed by atoms with van der Waals surface area (Å²) < 4.78 is 7.08. The van der Waals surface area contributed by atoms with Gasteiger partial charge in [-0.15, -0.1) is 0 Å². The molecule has 4 amide bonds. The molecule has 2 aliphatic rings. The molecule has 0 radical (unpaired) electrons. The lowest BCUT2D eigenvalue weighted by Crippen LogP contribution is -2.52. The van der Waals surface area contributed by atoms with Gasteiger partial charge in [-0.2, -0.15) is 0 Å². The number of nitrogens with zero attached hydrogens (tertiary/aromatic N) is 5. The van der Waals surface area contributed by atoms with Crippen LogP contribution in [-0.2, 0) is 47.7 Å². The Hall–Kier alpha value is -5.98. The summed E-state index contributed by atoms with van der Waals surface area (Å²) in [5.74, 6) is -2.15. The van der Waals surface area contributed by atoms with Crippen molar-refractivity contribution in [2.24, 2.45) is 14.1 Å². The first kappa shape index (κ1) is 34.9. The predicted octanol–water partition coefficient (Wildman–Crippen LogP) is 2.73. The molecule has 0 spiro atoms. The zero-order valence-electron chi connectivity index (χ0n) is 29.0. The minimum absolute atomic E-state index is 0.0725. The third-order valence-electron chi connectivity index (χ3n) is 9.57. The molecule has 13 heteroatoms. The number of fused-ring (bicyclic) bond motifs is 1. The monoisotopic (exact) mass is 692 g/mol. The summed E-state index contributed by atoms with van der Waals surface area (Å²) in [6.07, 6.45) is 3.79. The van der Waals surface area contributed by atoms with Gasteiger partial charge in [0.05, 0.1) is 12.7 Å². The van der Waals surface area contributed by atoms with Gasteiger partial charge in [-0.3, -0.25) is 28.8 Å². The number of amides is 4. The zero-order chi connectivity index (χ0) is 36.4. The fourth-order valence-electron chi connectivity index (χ4n) is 6.60. The van der Waals surface area contributed by atoms with Crippen molar-refractivity contribution in [1.82, 2.24) is 19.4 Å². The van der Waals surface area contributed by atoms with Gasteiger partial charge < -0.3 is 19.5 Å². The Morgan fingerprint density at radius 1 is 0.882 bits per heavy atom. The lowest BCUT2D eigenvalue weighted by Gasteiger charge is -2.34. The number of ether oxygens (including phenoxy) is 1. The third kappa shape index (κ3) is 6.91. The van der Waals surface area contributed by atoms with E-state index in [4.69, 9.17) is 4.74 Å². The summed E-state index contributed by atoms with van der Waals surface area (Å²) >= 11 is 0. The Balaban J connectivity index is 1.50. The number of methoxy groups -OCH3 is 1. The average Bonchev–Trinajstić information content (AvgIpc) is 3.12. The Morgan fingerprint density at radius 2 is 1.59 bits per heavy atom. The molecule has 1 aliphatic heterocycles. The number of aromatic nitrogens is 2. The smallest absolute Gasteiger partial charge is 0.330 e. The Labute approximate surface area is 294 Å². The summed E-state index contributed by atoms with van der Waals surface area (Å²) in [4.78, 5) is 86.6. The van der Waals surface area contributed by atoms with Gasteiger partial charge in [0.15, 0.2) is 0 Å². The molecule has 51 heavy (non-hydrogen) atoms. The van der Waals surface area contributed by atoms with Crippen molar-refractivity contribution in [2.75, 3.05) is 37.0 Å². The van der Waals surface area contributed by atoms with Gasteiger partial charge in [-0.25, -0.2) is 14.4 Å². The van der Waals surface area contributed by atoms with E-state index in [0.29, 0.717) is 24.3 Å². The molecule has 1 saturated heterocycles. The number of esters is 1. The van der Waals surface area contributed by atoms with Crippen LogP contribution in [0.5, 0.6) is 0 Å². The molecule has 264 valence electrons. The van der Waals surface area contributed by atoms with Crippen molar-refractivity contribution in [1.29, 1.82) is 0 Å². The van der Waals surface area contributed by atoms with Crippen LogP contribution in [0, 0.1) is 0 Å². The summed E-state index contributed by atoms with van der Waals surface area (Å²) in [6, 6.07) is 18.0. The topological polar surface area (TPSA) is 143 Å². The Kier molecular flexibility index (Phi) is 9.90. The Bertz CT molecular complexity index is 2110. The molecule has 1 N–H and O–H groups in total. The van der Waals surface area contributed by atoms with E-state index in [1.165, 1.54) is 32.3 Å². The molecule has 13 nitrogen and oxygen atoms in total. The molecular weight excluding hydrogens is 652 g/mol. The third-order valence-corrected chi connectivity index (χ3v) is 9.57. The standard InChI is InChI=1S/C38H40N6O7/c1-40-19-8-20-43(38(40)50)28-15-17-29(18-16-28)44(34(46)27-14-12-25-11-13-26(25)22-27)32(30-23-41(2)37(49)42(3)35(30)47)33(45)39-31(36(48)51-4)21-24-9-6-5-7-10-24/h5-7,9-10,12,14-18,22-23,31-32H,8,11,13,19-21H2,1-4H3,(H,39,45). The molecule has 0 bridgehead atoms. The normalized spacial score (nSPS) is 14.9. The van der Waals surface area contributed by atoms with E-state index in [-0.39, 0.29) is 23.7 Å². The van der Waals surface area contributed by atoms with Gasteiger partial charge in [0.1, 0.15) is 12.1 Å². The number of hydrogen-bond donors (Lipinski definition) is 1. The number of aryl methyl sites for hydroxylation is 3. The number of hydrogen-bond acceptors (Lipinski definition) is 7. The first-order chi connectivity index (χ1) is 24.5. The van der Waals surface area contributed by atoms with E-state index >= 15 is 0 Å². The predicted molar refractivity (Wildman–Crippen MR) is 191 cm³/mol. The van der Waals surface area contributed by atoms with Crippen molar-refractivity contribution < 1.29 is 23.9 Å². The maximum absolute atomic E-state index is 14.8. The molecule has 2 heterocycles. The van der Waals surface area contributed by atoms with E-state index < -0.39 is 41.1 Å². The van der Waals surface area contributed by atoms with E-state index in [2.05, 4.69) is 5.32 Å². The lowest BCUT2D eigenvalue weighted by molar-refractivity contribution is -0.145. The van der Waals surface area contributed by atoms with Crippen LogP contribution in [0.4, 0.5) is 16.2 Å². The summed E-state index contributed by atoms with van der Waals surface area (Å²) in [7, 11) is 5.67. The number of anilines is 2. The molecule has 2 atom stereocenters. The molecule has 0 saturated carbocycles. The van der Waals surface area contributed by atoms with Crippen LogP contribution >= 0.6 is 0 Å². The van der Waals surface area contributed by atoms with Gasteiger partial charge in [0.25, 0.3) is 11.5 Å². The molecular formula is C38H40N6O7. The van der Waals surface area contributed by atoms with Gasteiger partial charge in [-0.1, -0.05) is 36.4 Å². The van der Waals surface area contributed by atoms with E-state index in [9.17, 15) is 28.8 Å². The van der Waals surface area contributed by atoms with Gasteiger partial charge in [0, 0.05) is 63.8 Å². The SMILES string of the molecule is COC(=O)C(Cc1ccccc1)NC(=O)C(c1cn(C)c(=O)n(C)c1=O)N(C(=O)c1ccc2c(c1)CC2)c1ccc(N2CCCN(C)C2=O)cc1. The van der Waals surface area contributed by atoms with E-state index in [1.54, 1.807) is 77.5 Å². The number of urea groups is 1. The molecule has 1 fully saturated rings. The van der Waals surface area contributed by atoms with Crippen molar-refractivity contribution >= 4 is 35.2 Å². The van der Waals surface area contributed by atoms with Crippen LogP contribution in [0.15, 0.2) is 88.6 Å². The largest absolute Gasteiger partial charge is 0.467 e. The molecule has 1 aliphatic carbocycles. The molecule has 2 unspecified atom stereocenters. The van der Waals surface area contributed by atoms with Crippen LogP contribution in [0.25, 0.3) is 0 Å². The highest BCUT2D eigenvalue weighted by atomic mass is 16.5. The van der Waals surface area contributed by atoms with Gasteiger partial charge in [0.2, 0.25) is 5.91 Å². The van der Waals surface area contributed by atoms with Crippen molar-refractivity contribution in [3.05, 3.63) is 128 Å². The van der Waals surface area contributed by atoms with E-state index in [0.717, 1.165) is 45.1 Å². The highest BCUT2D eigenvalue weighted by Gasteiger charge is 2.39. The first-order valence-corrected chi connectivity index (χ1v) is 16.7. The van der Waals surface area contributed by atoms with Crippen LogP contribution in [-0.4, -0.2) is 71.1 Å². The number of benzene rings is 3. The maximum Gasteiger partial charge on any atom is 0.330 e. The highest BCUT2D eigenvalue weighted by Crippen LogP contribution is 2.33. The fraction of sp³-hybridized carbons (Fsp3) is 0.316. The molecule has 6 rings (SSSR count). The highest BCUT2D eigenvalue weighted by molar-refractivity contribution is 6.10. The van der Waals surface area contributed by atoms with Crippen LogP contribution in [0.3, 0.4) is 0 Å². The van der Waals surface area contributed by atoms with Gasteiger partial charge in [-0.05, 0) is 72.4 Å². The van der Waals surface area contributed by atoms with Crippen LogP contribution in [0.1, 0.15) is 45.1 Å². The second-order valence-corrected chi connectivity index (χ2v) is 12.9. The minimum atomic E-state index is -1.65. The zero-order valence-corrected chi connectivity index (χ0v) is 29.0. The maximum atomic E-state index is 14.8. The molecule has 3 aromatic carbocycles. The second-order valence-electron chi connectivity index (χ2n) is 12.9. The number of rotatable bonds is 10. The summed E-state index contributed by atoms with van der Waals surface area (Å²) in [5, 5.41) is 2.76. The minimum Gasteiger partial charge on any atom is -0.467 e. The first-order valence-electron chi connectivity index (χ1n) is 16.7. The van der Waals surface area contributed by atoms with Crippen molar-refractivity contribution in [3.63, 3.8) is 0 Å². The van der Waals surface area contributed by atoms with Gasteiger partial charge >= 0.3 is 17.7 Å². The molecule has 4 aromatic rings. The summed E-state index contributed by atoms with van der Waals surface area (Å²) in [6.45, 7) is 1.15. The number of carbonyl (C=O) groups is 4. The number of carbonyl (C=O) groups excluding carboxylic acids is 4. The van der Waals surface area contributed by atoms with Crippen LogP contribution < -0.4 is 26.4 Å². The fourth-order valence-corrected chi connectivity index (χ4v) is 6.60. The van der Waals surface area contributed by atoms with Crippen molar-refractivity contribution in [3.8, 4) is 0 Å². The van der Waals surface area contributed by atoms with Crippen molar-refractivity contribution in [2.45, 2.75) is 37.8 Å². The number of nitrogens with one attached hydrogen (secondary N) is 1. The second kappa shape index (κ2) is 14.5. The Morgan fingerprint density at radius 3 is 2.24 bits per heavy atom. The lowest BCUT2D eigenvalue weighted by atomic mass is 9.87. The van der Waals surface area contributed by atoms with Crippen LogP contribution in [0.2, 0.25) is 0 Å². The quantitative estimate of drug-likeness (QED) is 0.252. The summed E-state index contributed by atoms with van der Waals surface area (Å²) in [5.41, 5.74) is 2.43. The van der Waals surface area contributed by atoms with E-state index in [1.807, 2.05) is 12.1 Å².